The molecule has 0 aliphatic heterocycles. The first-order valence-electron chi connectivity index (χ1n) is 9.16. The Labute approximate surface area is 169 Å². The van der Waals surface area contributed by atoms with Crippen molar-refractivity contribution in [3.63, 3.8) is 0 Å². The van der Waals surface area contributed by atoms with Crippen molar-refractivity contribution in [2.75, 3.05) is 27.9 Å². The highest BCUT2D eigenvalue weighted by Gasteiger charge is 2.22. The van der Waals surface area contributed by atoms with Crippen LogP contribution in [0.1, 0.15) is 21.6 Å². The zero-order valence-corrected chi connectivity index (χ0v) is 16.9. The number of aromatic nitrogens is 1. The summed E-state index contributed by atoms with van der Waals surface area (Å²) in [6.07, 6.45) is 0.697. The van der Waals surface area contributed by atoms with Crippen LogP contribution in [0.2, 0.25) is 0 Å². The molecule has 152 valence electrons. The summed E-state index contributed by atoms with van der Waals surface area (Å²) in [5.74, 6) is 2.13. The highest BCUT2D eigenvalue weighted by Crippen LogP contribution is 2.32. The first kappa shape index (κ1) is 20.3. The molecule has 0 saturated carbocycles. The number of hydrogen-bond acceptors (Lipinski definition) is 6. The molecule has 7 heteroatoms. The summed E-state index contributed by atoms with van der Waals surface area (Å²) >= 11 is 0. The van der Waals surface area contributed by atoms with Crippen molar-refractivity contribution in [3.8, 4) is 28.6 Å². The normalized spacial score (nSPS) is 10.5. The number of nitrogens with one attached hydrogen (secondary N) is 1. The third kappa shape index (κ3) is 4.68. The average molecular weight is 396 g/mol. The fourth-order valence-corrected chi connectivity index (χ4v) is 2.97. The molecule has 0 unspecified atom stereocenters. The lowest BCUT2D eigenvalue weighted by Gasteiger charge is -2.09. The maximum atomic E-state index is 12.8. The maximum absolute atomic E-state index is 12.8. The molecular formula is C22H24N2O5. The van der Waals surface area contributed by atoms with E-state index in [4.69, 9.17) is 18.7 Å². The van der Waals surface area contributed by atoms with Gasteiger partial charge in [0.25, 0.3) is 5.91 Å². The van der Waals surface area contributed by atoms with Crippen molar-refractivity contribution in [2.24, 2.45) is 0 Å². The van der Waals surface area contributed by atoms with Crippen LogP contribution < -0.4 is 19.5 Å². The van der Waals surface area contributed by atoms with Gasteiger partial charge >= 0.3 is 0 Å². The summed E-state index contributed by atoms with van der Waals surface area (Å²) < 4.78 is 21.2. The van der Waals surface area contributed by atoms with Gasteiger partial charge in [-0.15, -0.1) is 0 Å². The molecule has 2 aromatic carbocycles. The van der Waals surface area contributed by atoms with Gasteiger partial charge in [0.1, 0.15) is 22.8 Å². The van der Waals surface area contributed by atoms with E-state index in [0.717, 1.165) is 11.3 Å². The van der Waals surface area contributed by atoms with Crippen LogP contribution in [0.3, 0.4) is 0 Å². The van der Waals surface area contributed by atoms with Crippen LogP contribution in [0.4, 0.5) is 0 Å². The highest BCUT2D eigenvalue weighted by atomic mass is 16.5. The SMILES string of the molecule is COc1ccc(CCNC(=O)c2c(C)noc2-c2cc(OC)cc(OC)c2)cc1. The first-order valence-corrected chi connectivity index (χ1v) is 9.16. The number of rotatable bonds is 8. The third-order valence-corrected chi connectivity index (χ3v) is 4.56. The van der Waals surface area contributed by atoms with E-state index in [1.54, 1.807) is 46.5 Å². The van der Waals surface area contributed by atoms with Crippen LogP contribution in [-0.2, 0) is 6.42 Å². The monoisotopic (exact) mass is 396 g/mol. The third-order valence-electron chi connectivity index (χ3n) is 4.56. The van der Waals surface area contributed by atoms with Crippen molar-refractivity contribution in [2.45, 2.75) is 13.3 Å². The molecule has 0 atom stereocenters. The van der Waals surface area contributed by atoms with E-state index in [9.17, 15) is 4.79 Å². The summed E-state index contributed by atoms with van der Waals surface area (Å²) in [6, 6.07) is 13.0. The lowest BCUT2D eigenvalue weighted by atomic mass is 10.1. The summed E-state index contributed by atoms with van der Waals surface area (Å²) in [6.45, 7) is 2.22. The van der Waals surface area contributed by atoms with E-state index in [1.807, 2.05) is 24.3 Å². The summed E-state index contributed by atoms with van der Waals surface area (Å²) in [5, 5.41) is 6.92. The van der Waals surface area contributed by atoms with Gasteiger partial charge in [-0.3, -0.25) is 4.79 Å². The molecule has 3 aromatic rings. The quantitative estimate of drug-likeness (QED) is 0.626. The number of ether oxygens (including phenoxy) is 3. The Morgan fingerprint density at radius 1 is 0.966 bits per heavy atom. The van der Waals surface area contributed by atoms with Crippen LogP contribution in [0.15, 0.2) is 47.0 Å². The molecule has 0 fully saturated rings. The Hall–Kier alpha value is -3.48. The van der Waals surface area contributed by atoms with Gasteiger partial charge < -0.3 is 24.1 Å². The molecular weight excluding hydrogens is 372 g/mol. The van der Waals surface area contributed by atoms with Crippen LogP contribution in [0.25, 0.3) is 11.3 Å². The van der Waals surface area contributed by atoms with E-state index in [1.165, 1.54) is 0 Å². The van der Waals surface area contributed by atoms with Crippen LogP contribution >= 0.6 is 0 Å². The zero-order chi connectivity index (χ0) is 20.8. The second-order valence-corrected chi connectivity index (χ2v) is 6.43. The van der Waals surface area contributed by atoms with Crippen molar-refractivity contribution in [1.82, 2.24) is 10.5 Å². The van der Waals surface area contributed by atoms with Crippen LogP contribution in [-0.4, -0.2) is 38.9 Å². The number of benzene rings is 2. The predicted octanol–water partition coefficient (Wildman–Crippen LogP) is 3.65. The smallest absolute Gasteiger partial charge is 0.257 e. The molecule has 0 aliphatic rings. The number of carbonyl (C=O) groups is 1. The molecule has 7 nitrogen and oxygen atoms in total. The molecule has 1 aromatic heterocycles. The Morgan fingerprint density at radius 2 is 1.59 bits per heavy atom. The molecule has 3 rings (SSSR count). The number of amides is 1. The molecule has 1 N–H and O–H groups in total. The maximum Gasteiger partial charge on any atom is 0.257 e. The van der Waals surface area contributed by atoms with E-state index >= 15 is 0 Å². The van der Waals surface area contributed by atoms with Gasteiger partial charge in [-0.1, -0.05) is 17.3 Å². The number of methoxy groups -OCH3 is 3. The predicted molar refractivity (Wildman–Crippen MR) is 109 cm³/mol. The van der Waals surface area contributed by atoms with Crippen molar-refractivity contribution in [3.05, 3.63) is 59.3 Å². The Balaban J connectivity index is 1.75. The molecule has 0 saturated heterocycles. The average Bonchev–Trinajstić information content (AvgIpc) is 3.15. The van der Waals surface area contributed by atoms with Gasteiger partial charge in [-0.2, -0.15) is 0 Å². The number of aryl methyl sites for hydroxylation is 1. The summed E-state index contributed by atoms with van der Waals surface area (Å²) in [7, 11) is 4.76. The Bertz CT molecular complexity index is 957. The van der Waals surface area contributed by atoms with Gasteiger partial charge in [0, 0.05) is 18.2 Å². The number of nitrogens with zero attached hydrogens (tertiary/aromatic N) is 1. The van der Waals surface area contributed by atoms with Gasteiger partial charge in [0.2, 0.25) is 0 Å². The van der Waals surface area contributed by atoms with E-state index in [-0.39, 0.29) is 5.91 Å². The minimum atomic E-state index is -0.242. The molecule has 1 amide bonds. The van der Waals surface area contributed by atoms with Gasteiger partial charge in [0.15, 0.2) is 5.76 Å². The van der Waals surface area contributed by atoms with Crippen molar-refractivity contribution < 1.29 is 23.5 Å². The minimum absolute atomic E-state index is 0.242. The first-order chi connectivity index (χ1) is 14.0. The lowest BCUT2D eigenvalue weighted by Crippen LogP contribution is -2.26. The van der Waals surface area contributed by atoms with Crippen molar-refractivity contribution in [1.29, 1.82) is 0 Å². The Morgan fingerprint density at radius 3 is 2.17 bits per heavy atom. The number of carbonyl (C=O) groups excluding carboxylic acids is 1. The molecule has 0 radical (unpaired) electrons. The van der Waals surface area contributed by atoms with E-state index < -0.39 is 0 Å². The van der Waals surface area contributed by atoms with E-state index in [2.05, 4.69) is 10.5 Å². The number of hydrogen-bond donors (Lipinski definition) is 1. The topological polar surface area (TPSA) is 82.8 Å². The van der Waals surface area contributed by atoms with Crippen molar-refractivity contribution >= 4 is 5.91 Å². The van der Waals surface area contributed by atoms with Crippen LogP contribution in [0, 0.1) is 6.92 Å². The summed E-state index contributed by atoms with van der Waals surface area (Å²) in [4.78, 5) is 12.8. The zero-order valence-electron chi connectivity index (χ0n) is 16.9. The van der Waals surface area contributed by atoms with Gasteiger partial charge in [-0.25, -0.2) is 0 Å². The molecule has 0 aliphatic carbocycles. The van der Waals surface area contributed by atoms with Gasteiger partial charge in [-0.05, 0) is 43.2 Å². The molecule has 0 spiro atoms. The largest absolute Gasteiger partial charge is 0.497 e. The second-order valence-electron chi connectivity index (χ2n) is 6.43. The fourth-order valence-electron chi connectivity index (χ4n) is 2.97. The standard InChI is InChI=1S/C22H24N2O5/c1-14-20(22(25)23-10-9-15-5-7-17(26-2)8-6-15)21(29-24-14)16-11-18(27-3)13-19(12-16)28-4/h5-8,11-13H,9-10H2,1-4H3,(H,23,25). The second kappa shape index (κ2) is 9.14. The van der Waals surface area contributed by atoms with E-state index in [0.29, 0.717) is 47.0 Å². The molecule has 29 heavy (non-hydrogen) atoms. The molecule has 1 heterocycles. The highest BCUT2D eigenvalue weighted by molar-refractivity contribution is 6.00. The molecule has 0 bridgehead atoms. The summed E-state index contributed by atoms with van der Waals surface area (Å²) in [5.41, 5.74) is 2.67. The fraction of sp³-hybridized carbons (Fsp3) is 0.273. The lowest BCUT2D eigenvalue weighted by molar-refractivity contribution is 0.0954. The van der Waals surface area contributed by atoms with Gasteiger partial charge in [0.05, 0.1) is 27.0 Å². The Kier molecular flexibility index (Phi) is 6.39. The minimum Gasteiger partial charge on any atom is -0.497 e. The van der Waals surface area contributed by atoms with Crippen LogP contribution in [0.5, 0.6) is 17.2 Å².